The van der Waals surface area contributed by atoms with E-state index in [-0.39, 0.29) is 5.91 Å². The summed E-state index contributed by atoms with van der Waals surface area (Å²) in [6, 6.07) is 11.7. The number of aryl methyl sites for hydroxylation is 1. The summed E-state index contributed by atoms with van der Waals surface area (Å²) in [5.41, 5.74) is 3.06. The molecule has 0 unspecified atom stereocenters. The van der Waals surface area contributed by atoms with E-state index in [9.17, 15) is 4.79 Å². The maximum atomic E-state index is 13.3. The maximum Gasteiger partial charge on any atom is 0.260 e. The first-order chi connectivity index (χ1) is 16.7. The van der Waals surface area contributed by atoms with Gasteiger partial charge in [0, 0.05) is 18.3 Å². The highest BCUT2D eigenvalue weighted by Gasteiger charge is 2.21. The fourth-order valence-electron chi connectivity index (χ4n) is 4.35. The van der Waals surface area contributed by atoms with E-state index in [0.29, 0.717) is 41.3 Å². The van der Waals surface area contributed by atoms with Crippen molar-refractivity contribution in [1.82, 2.24) is 29.5 Å². The molecule has 0 saturated heterocycles. The smallest absolute Gasteiger partial charge is 0.260 e. The number of rotatable bonds is 2. The Morgan fingerprint density at radius 3 is 2.88 bits per heavy atom. The molecule has 1 N–H and O–H groups in total. The molecule has 4 aromatic rings. The molecule has 1 fully saturated rings. The molecular formula is C25H25N7O2. The van der Waals surface area contributed by atoms with Gasteiger partial charge in [-0.3, -0.25) is 9.48 Å². The zero-order valence-electron chi connectivity index (χ0n) is 18.7. The molecule has 2 bridgehead atoms. The lowest BCUT2D eigenvalue weighted by atomic mass is 9.93. The van der Waals surface area contributed by atoms with Gasteiger partial charge in [-0.15, -0.1) is 10.2 Å². The largest absolute Gasteiger partial charge is 0.493 e. The lowest BCUT2D eigenvalue weighted by molar-refractivity contribution is 0.102. The molecule has 1 aromatic carbocycles. The predicted molar refractivity (Wildman–Crippen MR) is 126 cm³/mol. The van der Waals surface area contributed by atoms with Crippen molar-refractivity contribution in [2.24, 2.45) is 0 Å². The van der Waals surface area contributed by atoms with E-state index in [4.69, 9.17) is 4.74 Å². The summed E-state index contributed by atoms with van der Waals surface area (Å²) < 4.78 is 10.1. The summed E-state index contributed by atoms with van der Waals surface area (Å²) in [7, 11) is 0. The van der Waals surface area contributed by atoms with Crippen molar-refractivity contribution in [3.05, 3.63) is 60.7 Å². The first kappa shape index (κ1) is 20.6. The van der Waals surface area contributed by atoms with Crippen molar-refractivity contribution in [1.29, 1.82) is 0 Å². The number of aromatic nitrogens is 6. The molecule has 1 aliphatic heterocycles. The third-order valence-electron chi connectivity index (χ3n) is 6.49. The van der Waals surface area contributed by atoms with Crippen molar-refractivity contribution in [2.75, 3.05) is 11.9 Å². The van der Waals surface area contributed by atoms with Crippen LogP contribution in [0.4, 0.5) is 5.82 Å². The van der Waals surface area contributed by atoms with Crippen LogP contribution in [0.15, 0.2) is 55.1 Å². The predicted octanol–water partition coefficient (Wildman–Crippen LogP) is 4.35. The van der Waals surface area contributed by atoms with Gasteiger partial charge in [-0.05, 0) is 61.9 Å². The maximum absolute atomic E-state index is 13.3. The van der Waals surface area contributed by atoms with Crippen LogP contribution in [0.3, 0.4) is 0 Å². The van der Waals surface area contributed by atoms with Gasteiger partial charge in [0.15, 0.2) is 5.82 Å². The van der Waals surface area contributed by atoms with Crippen LogP contribution in [0.2, 0.25) is 0 Å². The van der Waals surface area contributed by atoms with Crippen LogP contribution >= 0.6 is 0 Å². The van der Waals surface area contributed by atoms with Gasteiger partial charge in [0.05, 0.1) is 24.4 Å². The Kier molecular flexibility index (Phi) is 5.29. The van der Waals surface area contributed by atoms with E-state index in [1.54, 1.807) is 12.4 Å². The van der Waals surface area contributed by atoms with Gasteiger partial charge in [0.1, 0.15) is 23.6 Å². The molecule has 1 saturated carbocycles. The number of carbonyl (C=O) groups is 1. The number of anilines is 1. The van der Waals surface area contributed by atoms with E-state index in [2.05, 4.69) is 31.8 Å². The number of ether oxygens (including phenoxy) is 1. The van der Waals surface area contributed by atoms with Gasteiger partial charge in [-0.2, -0.15) is 5.10 Å². The molecule has 172 valence electrons. The second-order valence-electron chi connectivity index (χ2n) is 8.77. The van der Waals surface area contributed by atoms with Crippen molar-refractivity contribution < 1.29 is 9.53 Å². The van der Waals surface area contributed by atoms with Crippen LogP contribution in [0, 0.1) is 0 Å². The van der Waals surface area contributed by atoms with Crippen LogP contribution in [0.1, 0.15) is 48.5 Å². The zero-order valence-corrected chi connectivity index (χ0v) is 18.7. The molecule has 0 atom stereocenters. The first-order valence-electron chi connectivity index (χ1n) is 11.7. The Morgan fingerprint density at radius 2 is 2.00 bits per heavy atom. The summed E-state index contributed by atoms with van der Waals surface area (Å²) in [4.78, 5) is 18.0. The van der Waals surface area contributed by atoms with Crippen LogP contribution in [-0.4, -0.2) is 42.0 Å². The topological polar surface area (TPSA) is 99.8 Å². The Hall–Kier alpha value is -4.01. The fourth-order valence-corrected chi connectivity index (χ4v) is 4.35. The molecule has 0 spiro atoms. The number of nitrogens with one attached hydrogen (secondary N) is 1. The molecule has 2 aliphatic rings. The highest BCUT2D eigenvalue weighted by molar-refractivity contribution is 6.06. The summed E-state index contributed by atoms with van der Waals surface area (Å²) in [6.45, 7) is 1.28. The highest BCUT2D eigenvalue weighted by Crippen LogP contribution is 2.33. The quantitative estimate of drug-likeness (QED) is 0.482. The number of amides is 1. The van der Waals surface area contributed by atoms with Gasteiger partial charge in [0.25, 0.3) is 5.91 Å². The van der Waals surface area contributed by atoms with E-state index >= 15 is 0 Å². The molecular weight excluding hydrogens is 430 g/mol. The van der Waals surface area contributed by atoms with Gasteiger partial charge in [0.2, 0.25) is 0 Å². The van der Waals surface area contributed by atoms with Gasteiger partial charge < -0.3 is 14.6 Å². The number of hydrogen-bond acceptors (Lipinski definition) is 6. The number of hydrogen-bond donors (Lipinski definition) is 1. The van der Waals surface area contributed by atoms with E-state index in [1.807, 2.05) is 45.8 Å². The van der Waals surface area contributed by atoms with E-state index in [1.165, 1.54) is 19.3 Å². The first-order valence-corrected chi connectivity index (χ1v) is 11.7. The number of carbonyl (C=O) groups excluding carboxylic acids is 1. The average Bonchev–Trinajstić information content (AvgIpc) is 3.48. The monoisotopic (exact) mass is 455 g/mol. The molecule has 1 amide bonds. The number of pyridine rings is 1. The van der Waals surface area contributed by atoms with Crippen molar-refractivity contribution in [2.45, 2.75) is 44.7 Å². The number of benzene rings is 1. The number of nitrogens with zero attached hydrogens (tertiary/aromatic N) is 6. The van der Waals surface area contributed by atoms with Gasteiger partial charge >= 0.3 is 0 Å². The fraction of sp³-hybridized carbons (Fsp3) is 0.320. The Labute approximate surface area is 196 Å². The summed E-state index contributed by atoms with van der Waals surface area (Å²) in [5, 5.41) is 15.7. The number of fused-ring (bicyclic) bond motifs is 5. The molecule has 6 rings (SSSR count). The second-order valence-corrected chi connectivity index (χ2v) is 8.77. The molecule has 9 heteroatoms. The Bertz CT molecular complexity index is 1340. The third-order valence-corrected chi connectivity index (χ3v) is 6.49. The van der Waals surface area contributed by atoms with Crippen molar-refractivity contribution in [3.63, 3.8) is 0 Å². The minimum absolute atomic E-state index is 0.272. The van der Waals surface area contributed by atoms with Crippen LogP contribution in [0.25, 0.3) is 22.6 Å². The minimum atomic E-state index is -0.272. The van der Waals surface area contributed by atoms with Crippen LogP contribution in [0.5, 0.6) is 5.75 Å². The highest BCUT2D eigenvalue weighted by atomic mass is 16.5. The zero-order chi connectivity index (χ0) is 22.9. The van der Waals surface area contributed by atoms with Gasteiger partial charge in [-0.25, -0.2) is 4.98 Å². The summed E-state index contributed by atoms with van der Waals surface area (Å²) >= 11 is 0. The second kappa shape index (κ2) is 8.74. The molecule has 0 radical (unpaired) electrons. The SMILES string of the molecule is O=C1Nc2cccc(n2)-c2nncn2CCCCOc2ccc(-c3cnn(C4CCC4)c3)cc21. The standard InChI is InChI=1S/C25H25N7O2/c33-25-20-13-17(18-14-27-32(15-18)19-5-3-6-19)9-10-22(20)34-12-2-1-11-31-16-26-30-24(31)21-7-4-8-23(28-21)29-25/h4,7-10,13-16,19H,1-3,5-6,11-12H2,(H,28,29,33). The summed E-state index contributed by atoms with van der Waals surface area (Å²) in [5.74, 6) is 1.42. The van der Waals surface area contributed by atoms with E-state index < -0.39 is 0 Å². The molecule has 4 heterocycles. The molecule has 3 aromatic heterocycles. The molecule has 9 nitrogen and oxygen atoms in total. The van der Waals surface area contributed by atoms with E-state index in [0.717, 1.165) is 30.5 Å². The third kappa shape index (κ3) is 3.93. The van der Waals surface area contributed by atoms with Crippen LogP contribution < -0.4 is 10.1 Å². The molecule has 1 aliphatic carbocycles. The van der Waals surface area contributed by atoms with Crippen molar-refractivity contribution >= 4 is 11.7 Å². The summed E-state index contributed by atoms with van der Waals surface area (Å²) in [6.07, 6.45) is 11.0. The lowest BCUT2D eigenvalue weighted by Crippen LogP contribution is -2.17. The minimum Gasteiger partial charge on any atom is -0.493 e. The van der Waals surface area contributed by atoms with Crippen molar-refractivity contribution in [3.8, 4) is 28.4 Å². The Balaban J connectivity index is 1.34. The lowest BCUT2D eigenvalue weighted by Gasteiger charge is -2.25. The van der Waals surface area contributed by atoms with Gasteiger partial charge in [-0.1, -0.05) is 12.1 Å². The Morgan fingerprint density at radius 1 is 1.06 bits per heavy atom. The van der Waals surface area contributed by atoms with Crippen LogP contribution in [-0.2, 0) is 6.54 Å². The normalized spacial score (nSPS) is 16.4. The molecule has 34 heavy (non-hydrogen) atoms. The average molecular weight is 456 g/mol.